The third-order valence-electron chi connectivity index (χ3n) is 7.37. The van der Waals surface area contributed by atoms with Crippen molar-refractivity contribution in [1.82, 2.24) is 25.2 Å². The van der Waals surface area contributed by atoms with Crippen LogP contribution >= 0.6 is 0 Å². The number of carbonyl (C=O) groups is 4. The van der Waals surface area contributed by atoms with Crippen molar-refractivity contribution in [2.24, 2.45) is 0 Å². The van der Waals surface area contributed by atoms with E-state index in [-0.39, 0.29) is 29.9 Å². The molecule has 3 aliphatic rings. The Morgan fingerprint density at radius 1 is 0.919 bits per heavy atom. The molecule has 0 radical (unpaired) electrons. The summed E-state index contributed by atoms with van der Waals surface area (Å²) in [6, 6.07) is 11.2. The summed E-state index contributed by atoms with van der Waals surface area (Å²) < 4.78 is 13.6. The van der Waals surface area contributed by atoms with Crippen molar-refractivity contribution in [1.29, 1.82) is 0 Å². The zero-order valence-electron chi connectivity index (χ0n) is 19.9. The number of nitrogens with zero attached hydrogens (tertiary/aromatic N) is 4. The number of benzene rings is 2. The van der Waals surface area contributed by atoms with Crippen molar-refractivity contribution < 1.29 is 23.6 Å². The number of rotatable bonds is 4. The molecule has 188 valence electrons. The number of fused-ring (bicyclic) bond motifs is 2. The number of hydrogen-bond donors (Lipinski definition) is 1. The minimum absolute atomic E-state index is 0.0204. The number of pyridine rings is 1. The first-order valence-electron chi connectivity index (χ1n) is 12.3. The number of hydrogen-bond acceptors (Lipinski definition) is 6. The Morgan fingerprint density at radius 2 is 1.70 bits per heavy atom. The van der Waals surface area contributed by atoms with E-state index in [0.29, 0.717) is 18.0 Å². The normalized spacial score (nSPS) is 19.1. The molecule has 0 bridgehead atoms. The summed E-state index contributed by atoms with van der Waals surface area (Å²) in [4.78, 5) is 56.2. The van der Waals surface area contributed by atoms with E-state index in [1.807, 2.05) is 12.1 Å². The van der Waals surface area contributed by atoms with Gasteiger partial charge in [-0.25, -0.2) is 14.2 Å². The fraction of sp³-hybridized carbons (Fsp3) is 0.296. The van der Waals surface area contributed by atoms with Gasteiger partial charge in [-0.2, -0.15) is 5.01 Å². The van der Waals surface area contributed by atoms with E-state index >= 15 is 0 Å². The first-order valence-corrected chi connectivity index (χ1v) is 12.3. The second-order valence-corrected chi connectivity index (χ2v) is 9.64. The smallest absolute Gasteiger partial charge is 0.299 e. The second kappa shape index (κ2) is 9.04. The van der Waals surface area contributed by atoms with E-state index in [4.69, 9.17) is 0 Å². The van der Waals surface area contributed by atoms with Crippen molar-refractivity contribution in [2.75, 3.05) is 19.6 Å². The number of imide groups is 2. The van der Waals surface area contributed by atoms with E-state index in [9.17, 15) is 23.6 Å². The van der Waals surface area contributed by atoms with Crippen LogP contribution in [0.4, 0.5) is 9.18 Å². The number of halogens is 1. The molecule has 3 aliphatic heterocycles. The highest BCUT2D eigenvalue weighted by Gasteiger charge is 2.43. The molecule has 0 aliphatic carbocycles. The second-order valence-electron chi connectivity index (χ2n) is 9.64. The molecule has 2 aromatic carbocycles. The van der Waals surface area contributed by atoms with Crippen LogP contribution in [0, 0.1) is 5.82 Å². The molecule has 10 heteroatoms. The van der Waals surface area contributed by atoms with E-state index in [0.717, 1.165) is 46.9 Å². The lowest BCUT2D eigenvalue weighted by Gasteiger charge is -2.32. The largest absolute Gasteiger partial charge is 0.343 e. The molecule has 6 rings (SSSR count). The topological polar surface area (TPSA) is 103 Å². The van der Waals surface area contributed by atoms with Crippen LogP contribution in [0.2, 0.25) is 0 Å². The van der Waals surface area contributed by atoms with Crippen molar-refractivity contribution in [2.45, 2.75) is 31.7 Å². The Hall–Kier alpha value is -4.18. The summed E-state index contributed by atoms with van der Waals surface area (Å²) in [5, 5.41) is 4.95. The van der Waals surface area contributed by atoms with Crippen LogP contribution in [-0.4, -0.2) is 63.3 Å². The minimum Gasteiger partial charge on any atom is -0.299 e. The number of aromatic nitrogens is 1. The van der Waals surface area contributed by atoms with E-state index in [1.54, 1.807) is 24.4 Å². The quantitative estimate of drug-likeness (QED) is 0.551. The molecular formula is C27H24FN5O4. The molecule has 1 N–H and O–H groups in total. The van der Waals surface area contributed by atoms with Gasteiger partial charge in [0.1, 0.15) is 5.82 Å². The van der Waals surface area contributed by atoms with Crippen molar-refractivity contribution >= 4 is 34.7 Å². The third kappa shape index (κ3) is 4.13. The Balaban J connectivity index is 1.14. The minimum atomic E-state index is -0.777. The lowest BCUT2D eigenvalue weighted by molar-refractivity contribution is -0.122. The van der Waals surface area contributed by atoms with Crippen LogP contribution in [0.25, 0.3) is 10.9 Å². The summed E-state index contributed by atoms with van der Waals surface area (Å²) in [6.07, 6.45) is 3.64. The highest BCUT2D eigenvalue weighted by atomic mass is 19.1. The van der Waals surface area contributed by atoms with Crippen LogP contribution in [0.15, 0.2) is 48.7 Å². The van der Waals surface area contributed by atoms with Gasteiger partial charge < -0.3 is 0 Å². The number of nitrogens with one attached hydrogen (secondary N) is 1. The molecule has 2 saturated heterocycles. The molecule has 1 aromatic heterocycles. The Labute approximate surface area is 211 Å². The Morgan fingerprint density at radius 3 is 2.49 bits per heavy atom. The predicted molar refractivity (Wildman–Crippen MR) is 131 cm³/mol. The monoisotopic (exact) mass is 501 g/mol. The van der Waals surface area contributed by atoms with Gasteiger partial charge in [0.25, 0.3) is 11.8 Å². The maximum Gasteiger partial charge on any atom is 0.343 e. The van der Waals surface area contributed by atoms with Crippen LogP contribution in [0.3, 0.4) is 0 Å². The Bertz CT molecular complexity index is 1470. The van der Waals surface area contributed by atoms with E-state index in [1.165, 1.54) is 17.7 Å². The van der Waals surface area contributed by atoms with Crippen LogP contribution < -0.4 is 5.32 Å². The van der Waals surface area contributed by atoms with Crippen molar-refractivity contribution in [3.8, 4) is 0 Å². The van der Waals surface area contributed by atoms with Gasteiger partial charge in [-0.05, 0) is 73.3 Å². The van der Waals surface area contributed by atoms with Gasteiger partial charge >= 0.3 is 6.03 Å². The maximum atomic E-state index is 13.6. The molecule has 0 spiro atoms. The summed E-state index contributed by atoms with van der Waals surface area (Å²) in [5.74, 6) is -1.51. The Kier molecular flexibility index (Phi) is 5.68. The summed E-state index contributed by atoms with van der Waals surface area (Å²) >= 11 is 0. The number of likely N-dealkylation sites (tertiary alicyclic amines) is 1. The highest BCUT2D eigenvalue weighted by molar-refractivity contribution is 6.22. The van der Waals surface area contributed by atoms with Gasteiger partial charge in [0.2, 0.25) is 5.91 Å². The third-order valence-corrected chi connectivity index (χ3v) is 7.37. The van der Waals surface area contributed by atoms with Crippen molar-refractivity contribution in [3.63, 3.8) is 0 Å². The zero-order valence-corrected chi connectivity index (χ0v) is 19.9. The number of carbonyl (C=O) groups excluding carboxylic acids is 4. The van der Waals surface area contributed by atoms with Gasteiger partial charge in [0.05, 0.1) is 23.2 Å². The summed E-state index contributed by atoms with van der Waals surface area (Å²) in [6.45, 7) is 2.31. The number of urea groups is 1. The average molecular weight is 502 g/mol. The van der Waals surface area contributed by atoms with Crippen molar-refractivity contribution in [3.05, 3.63) is 76.7 Å². The standard InChI is InChI=1S/C27H24FN5O4/c28-18-2-4-20-19(5-9-29-23(20)14-18)17-6-10-31(11-7-17)15-16-1-3-21-22(13-16)26(36)33(25(21)35)32-12-8-24(34)30-27(32)37/h1-5,9,13-14,17H,6-8,10-12,15H2,(H,30,34,37). The molecular weight excluding hydrogens is 477 g/mol. The molecule has 0 unspecified atom stereocenters. The fourth-order valence-electron chi connectivity index (χ4n) is 5.50. The molecule has 2 fully saturated rings. The maximum absolute atomic E-state index is 13.6. The summed E-state index contributed by atoms with van der Waals surface area (Å²) in [5.41, 5.74) is 3.27. The molecule has 5 amide bonds. The van der Waals surface area contributed by atoms with Crippen LogP contribution in [-0.2, 0) is 11.3 Å². The lowest BCUT2D eigenvalue weighted by Crippen LogP contribution is -2.58. The predicted octanol–water partition coefficient (Wildman–Crippen LogP) is 3.21. The fourth-order valence-corrected chi connectivity index (χ4v) is 5.50. The van der Waals surface area contributed by atoms with E-state index < -0.39 is 23.8 Å². The van der Waals surface area contributed by atoms with Gasteiger partial charge in [-0.15, -0.1) is 0 Å². The highest BCUT2D eigenvalue weighted by Crippen LogP contribution is 2.33. The summed E-state index contributed by atoms with van der Waals surface area (Å²) in [7, 11) is 0. The number of amides is 5. The molecule has 0 saturated carbocycles. The zero-order chi connectivity index (χ0) is 25.7. The lowest BCUT2D eigenvalue weighted by atomic mass is 9.87. The first-order chi connectivity index (χ1) is 17.9. The van der Waals surface area contributed by atoms with Crippen LogP contribution in [0.1, 0.15) is 57.0 Å². The first kappa shape index (κ1) is 23.2. The molecule has 9 nitrogen and oxygen atoms in total. The van der Waals surface area contributed by atoms with Gasteiger partial charge in [-0.3, -0.25) is 29.6 Å². The van der Waals surface area contributed by atoms with Gasteiger partial charge in [-0.1, -0.05) is 6.07 Å². The molecule has 37 heavy (non-hydrogen) atoms. The van der Waals surface area contributed by atoms with Gasteiger partial charge in [0.15, 0.2) is 0 Å². The van der Waals surface area contributed by atoms with Crippen LogP contribution in [0.5, 0.6) is 0 Å². The number of piperidine rings is 1. The molecule has 4 heterocycles. The van der Waals surface area contributed by atoms with E-state index in [2.05, 4.69) is 15.2 Å². The number of hydrazine groups is 1. The van der Waals surface area contributed by atoms with Gasteiger partial charge in [0, 0.05) is 30.6 Å². The SMILES string of the molecule is O=C1CCN(N2C(=O)c3ccc(CN4CCC(c5ccnc6cc(F)ccc56)CC4)cc3C2=O)C(=O)N1. The molecule has 0 atom stereocenters. The average Bonchev–Trinajstić information content (AvgIpc) is 3.13. The molecule has 3 aromatic rings.